The first-order chi connectivity index (χ1) is 11.1. The molecule has 9 heteroatoms. The van der Waals surface area contributed by atoms with Crippen molar-refractivity contribution >= 4 is 27.5 Å². The van der Waals surface area contributed by atoms with Crippen LogP contribution >= 0.6 is 11.6 Å². The van der Waals surface area contributed by atoms with Crippen LogP contribution in [0.3, 0.4) is 0 Å². The number of likely N-dealkylation sites (tertiary alicyclic amines) is 1. The van der Waals surface area contributed by atoms with Gasteiger partial charge in [-0.15, -0.1) is 10.2 Å². The minimum absolute atomic E-state index is 0.0807. The number of amides is 1. The molecule has 0 radical (unpaired) electrons. The maximum Gasteiger partial charge on any atom is 0.410 e. The van der Waals surface area contributed by atoms with Crippen molar-refractivity contribution in [2.24, 2.45) is 5.92 Å². The van der Waals surface area contributed by atoms with Gasteiger partial charge >= 0.3 is 6.09 Å². The normalized spacial score (nSPS) is 19.2. The van der Waals surface area contributed by atoms with E-state index in [1.807, 2.05) is 0 Å². The highest BCUT2D eigenvalue weighted by molar-refractivity contribution is 7.91. The highest BCUT2D eigenvalue weighted by Gasteiger charge is 2.31. The molecule has 0 spiro atoms. The molecule has 24 heavy (non-hydrogen) atoms. The maximum atomic E-state index is 12.4. The first-order valence-electron chi connectivity index (χ1n) is 7.77. The molecule has 2 heterocycles. The second kappa shape index (κ2) is 7.23. The SMILES string of the molecule is CC(C)(C)OC(=O)N1CCC[C@H](CS(=O)(=O)c2ccc(Cl)nn2)C1. The number of sulfone groups is 1. The molecule has 1 amide bonds. The lowest BCUT2D eigenvalue weighted by molar-refractivity contribution is 0.0176. The number of piperidine rings is 1. The molecule has 1 aliphatic rings. The average molecular weight is 376 g/mol. The van der Waals surface area contributed by atoms with Gasteiger partial charge in [0, 0.05) is 13.1 Å². The minimum Gasteiger partial charge on any atom is -0.444 e. The predicted octanol–water partition coefficient (Wildman–Crippen LogP) is 2.55. The van der Waals surface area contributed by atoms with Gasteiger partial charge in [-0.2, -0.15) is 0 Å². The van der Waals surface area contributed by atoms with Crippen molar-refractivity contribution in [3.05, 3.63) is 17.3 Å². The summed E-state index contributed by atoms with van der Waals surface area (Å²) in [7, 11) is -3.57. The van der Waals surface area contributed by atoms with Crippen LogP contribution in [0.5, 0.6) is 0 Å². The second-order valence-electron chi connectivity index (χ2n) is 6.91. The molecule has 0 bridgehead atoms. The summed E-state index contributed by atoms with van der Waals surface area (Å²) in [5.74, 6) is -0.239. The Morgan fingerprint density at radius 3 is 2.67 bits per heavy atom. The Balaban J connectivity index is 2.02. The first kappa shape index (κ1) is 18.9. The Hall–Kier alpha value is -1.41. The van der Waals surface area contributed by atoms with Gasteiger partial charge in [-0.3, -0.25) is 0 Å². The molecule has 1 aromatic rings. The topological polar surface area (TPSA) is 89.5 Å². The van der Waals surface area contributed by atoms with Gasteiger partial charge in [-0.05, 0) is 51.7 Å². The third-order valence-corrected chi connectivity index (χ3v) is 5.52. The second-order valence-corrected chi connectivity index (χ2v) is 9.28. The molecular formula is C15H22ClN3O4S. The van der Waals surface area contributed by atoms with E-state index in [2.05, 4.69) is 10.2 Å². The number of halogens is 1. The van der Waals surface area contributed by atoms with Gasteiger partial charge in [-0.25, -0.2) is 13.2 Å². The van der Waals surface area contributed by atoms with E-state index in [9.17, 15) is 13.2 Å². The van der Waals surface area contributed by atoms with Crippen molar-refractivity contribution in [1.29, 1.82) is 0 Å². The fraction of sp³-hybridized carbons (Fsp3) is 0.667. The van der Waals surface area contributed by atoms with E-state index >= 15 is 0 Å². The monoisotopic (exact) mass is 375 g/mol. The smallest absolute Gasteiger partial charge is 0.410 e. The van der Waals surface area contributed by atoms with Gasteiger partial charge in [0.15, 0.2) is 20.0 Å². The van der Waals surface area contributed by atoms with E-state index in [0.717, 1.165) is 12.8 Å². The lowest BCUT2D eigenvalue weighted by Gasteiger charge is -2.33. The Morgan fingerprint density at radius 2 is 2.08 bits per heavy atom. The molecule has 2 rings (SSSR count). The molecule has 0 aliphatic carbocycles. The molecule has 1 saturated heterocycles. The molecular weight excluding hydrogens is 354 g/mol. The van der Waals surface area contributed by atoms with Crippen molar-refractivity contribution < 1.29 is 17.9 Å². The van der Waals surface area contributed by atoms with Crippen LogP contribution in [0.2, 0.25) is 5.15 Å². The molecule has 0 saturated carbocycles. The van der Waals surface area contributed by atoms with Crippen LogP contribution in [-0.2, 0) is 14.6 Å². The number of carbonyl (C=O) groups excluding carboxylic acids is 1. The van der Waals surface area contributed by atoms with Crippen LogP contribution in [0.15, 0.2) is 17.2 Å². The molecule has 1 fully saturated rings. The summed E-state index contributed by atoms with van der Waals surface area (Å²) in [5.41, 5.74) is -0.574. The molecule has 1 atom stereocenters. The van der Waals surface area contributed by atoms with Crippen LogP contribution in [-0.4, -0.2) is 54.1 Å². The van der Waals surface area contributed by atoms with E-state index < -0.39 is 21.5 Å². The quantitative estimate of drug-likeness (QED) is 0.806. The molecule has 0 N–H and O–H groups in total. The largest absolute Gasteiger partial charge is 0.444 e. The summed E-state index contributed by atoms with van der Waals surface area (Å²) in [5, 5.41) is 7.26. The van der Waals surface area contributed by atoms with Crippen LogP contribution in [0, 0.1) is 5.92 Å². The van der Waals surface area contributed by atoms with Crippen LogP contribution < -0.4 is 0 Å². The summed E-state index contributed by atoms with van der Waals surface area (Å²) >= 11 is 5.63. The fourth-order valence-electron chi connectivity index (χ4n) is 2.56. The third kappa shape index (κ3) is 5.31. The van der Waals surface area contributed by atoms with Gasteiger partial charge in [0.25, 0.3) is 0 Å². The fourth-order valence-corrected chi connectivity index (χ4v) is 4.16. The molecule has 0 aromatic carbocycles. The van der Waals surface area contributed by atoms with Crippen molar-refractivity contribution in [3.8, 4) is 0 Å². The summed E-state index contributed by atoms with van der Waals surface area (Å²) < 4.78 is 30.2. The third-order valence-electron chi connectivity index (χ3n) is 3.55. The van der Waals surface area contributed by atoms with Gasteiger partial charge in [0.1, 0.15) is 5.60 Å². The lowest BCUT2D eigenvalue weighted by atomic mass is 10.0. The number of hydrogen-bond acceptors (Lipinski definition) is 6. The van der Waals surface area contributed by atoms with Crippen LogP contribution in [0.1, 0.15) is 33.6 Å². The summed E-state index contributed by atoms with van der Waals surface area (Å²) in [6, 6.07) is 2.74. The summed E-state index contributed by atoms with van der Waals surface area (Å²) in [6.45, 7) is 6.34. The molecule has 1 aromatic heterocycles. The minimum atomic E-state index is -3.57. The zero-order valence-corrected chi connectivity index (χ0v) is 15.6. The van der Waals surface area contributed by atoms with Crippen LogP contribution in [0.4, 0.5) is 4.79 Å². The zero-order chi connectivity index (χ0) is 18.0. The maximum absolute atomic E-state index is 12.4. The first-order valence-corrected chi connectivity index (χ1v) is 9.80. The van der Waals surface area contributed by atoms with Gasteiger partial charge in [0.05, 0.1) is 5.75 Å². The van der Waals surface area contributed by atoms with E-state index in [0.29, 0.717) is 13.1 Å². The Morgan fingerprint density at radius 1 is 1.38 bits per heavy atom. The average Bonchev–Trinajstić information content (AvgIpc) is 2.45. The van der Waals surface area contributed by atoms with E-state index in [1.165, 1.54) is 12.1 Å². The predicted molar refractivity (Wildman–Crippen MR) is 89.6 cm³/mol. The van der Waals surface area contributed by atoms with E-state index in [4.69, 9.17) is 16.3 Å². The Labute approximate surface area is 147 Å². The van der Waals surface area contributed by atoms with Crippen molar-refractivity contribution in [2.45, 2.75) is 44.2 Å². The lowest BCUT2D eigenvalue weighted by Crippen LogP contribution is -2.44. The van der Waals surface area contributed by atoms with Crippen molar-refractivity contribution in [1.82, 2.24) is 15.1 Å². The van der Waals surface area contributed by atoms with Crippen molar-refractivity contribution in [2.75, 3.05) is 18.8 Å². The summed E-state index contributed by atoms with van der Waals surface area (Å²) in [6.07, 6.45) is 1.07. The van der Waals surface area contributed by atoms with Gasteiger partial charge in [0.2, 0.25) is 0 Å². The zero-order valence-electron chi connectivity index (χ0n) is 14.0. The number of ether oxygens (including phenoxy) is 1. The Bertz CT molecular complexity index is 686. The van der Waals surface area contributed by atoms with E-state index in [1.54, 1.807) is 25.7 Å². The Kier molecular flexibility index (Phi) is 5.70. The highest BCUT2D eigenvalue weighted by atomic mass is 35.5. The summed E-state index contributed by atoms with van der Waals surface area (Å²) in [4.78, 5) is 13.7. The number of aromatic nitrogens is 2. The number of rotatable bonds is 3. The molecule has 1 aliphatic heterocycles. The molecule has 0 unspecified atom stereocenters. The van der Waals surface area contributed by atoms with Gasteiger partial charge in [-0.1, -0.05) is 11.6 Å². The standard InChI is InChI=1S/C15H22ClN3O4S/c1-15(2,3)23-14(20)19-8-4-5-11(9-19)10-24(21,22)13-7-6-12(16)17-18-13/h6-7,11H,4-5,8-10H2,1-3H3/t11-/m0/s1. The molecule has 7 nitrogen and oxygen atoms in total. The van der Waals surface area contributed by atoms with Crippen LogP contribution in [0.25, 0.3) is 0 Å². The van der Waals surface area contributed by atoms with E-state index in [-0.39, 0.29) is 21.8 Å². The molecule has 134 valence electrons. The van der Waals surface area contributed by atoms with Gasteiger partial charge < -0.3 is 9.64 Å². The van der Waals surface area contributed by atoms with Crippen molar-refractivity contribution in [3.63, 3.8) is 0 Å². The highest BCUT2D eigenvalue weighted by Crippen LogP contribution is 2.22. The number of carbonyl (C=O) groups is 1. The number of hydrogen-bond donors (Lipinski definition) is 0. The number of nitrogens with zero attached hydrogens (tertiary/aromatic N) is 3.